The number of halogens is 2. The highest BCUT2D eigenvalue weighted by Gasteiger charge is 2.06. The van der Waals surface area contributed by atoms with Crippen LogP contribution in [0.25, 0.3) is 0 Å². The minimum Gasteiger partial charge on any atom is -0.505 e. The molecule has 2 rings (SSSR count). The van der Waals surface area contributed by atoms with Gasteiger partial charge in [-0.1, -0.05) is 29.3 Å². The molecule has 0 radical (unpaired) electrons. The summed E-state index contributed by atoms with van der Waals surface area (Å²) < 4.78 is 0. The van der Waals surface area contributed by atoms with Crippen LogP contribution in [-0.4, -0.2) is 17.2 Å². The molecule has 4 nitrogen and oxygen atoms in total. The largest absolute Gasteiger partial charge is 0.505 e. The number of aromatic hydroxyl groups is 1. The second-order valence-electron chi connectivity index (χ2n) is 3.51. The number of benzene rings is 1. The Bertz CT molecular complexity index is 604. The Kier molecular flexibility index (Phi) is 4.42. The molecule has 0 bridgehead atoms. The van der Waals surface area contributed by atoms with Crippen LogP contribution in [-0.2, 0) is 0 Å². The zero-order valence-electron chi connectivity index (χ0n) is 9.43. The van der Waals surface area contributed by atoms with E-state index in [2.05, 4.69) is 10.5 Å². The maximum atomic E-state index is 11.6. The Hall–Kier alpha value is -1.56. The van der Waals surface area contributed by atoms with Gasteiger partial charge in [0.1, 0.15) is 0 Å². The lowest BCUT2D eigenvalue weighted by Crippen LogP contribution is -2.16. The number of carbonyl (C=O) groups is 1. The topological polar surface area (TPSA) is 61.7 Å². The summed E-state index contributed by atoms with van der Waals surface area (Å²) >= 11 is 12.8. The molecule has 19 heavy (non-hydrogen) atoms. The van der Waals surface area contributed by atoms with Crippen molar-refractivity contribution in [1.29, 1.82) is 0 Å². The zero-order chi connectivity index (χ0) is 13.8. The van der Waals surface area contributed by atoms with Crippen molar-refractivity contribution in [3.05, 3.63) is 50.1 Å². The van der Waals surface area contributed by atoms with E-state index in [0.717, 1.165) is 0 Å². The van der Waals surface area contributed by atoms with Gasteiger partial charge in [-0.25, -0.2) is 5.43 Å². The second kappa shape index (κ2) is 6.06. The molecule has 1 aromatic carbocycles. The molecule has 7 heteroatoms. The van der Waals surface area contributed by atoms with Gasteiger partial charge in [-0.15, -0.1) is 11.3 Å². The fraction of sp³-hybridized carbons (Fsp3) is 0. The number of phenols is 1. The highest BCUT2D eigenvalue weighted by Crippen LogP contribution is 2.32. The highest BCUT2D eigenvalue weighted by molar-refractivity contribution is 7.12. The van der Waals surface area contributed by atoms with Crippen LogP contribution in [0, 0.1) is 0 Å². The van der Waals surface area contributed by atoms with Crippen molar-refractivity contribution < 1.29 is 9.90 Å². The number of hydrazone groups is 1. The van der Waals surface area contributed by atoms with Gasteiger partial charge in [0.25, 0.3) is 5.91 Å². The summed E-state index contributed by atoms with van der Waals surface area (Å²) in [5.41, 5.74) is 2.95. The first-order valence-corrected chi connectivity index (χ1v) is 6.76. The van der Waals surface area contributed by atoms with Crippen LogP contribution in [0.2, 0.25) is 10.0 Å². The summed E-state index contributed by atoms with van der Waals surface area (Å²) in [7, 11) is 0. The van der Waals surface area contributed by atoms with Gasteiger partial charge >= 0.3 is 0 Å². The van der Waals surface area contributed by atoms with Crippen molar-refractivity contribution in [1.82, 2.24) is 5.43 Å². The first-order chi connectivity index (χ1) is 9.08. The molecule has 1 amide bonds. The van der Waals surface area contributed by atoms with E-state index in [4.69, 9.17) is 23.2 Å². The molecule has 0 aliphatic rings. The van der Waals surface area contributed by atoms with E-state index >= 15 is 0 Å². The van der Waals surface area contributed by atoms with Gasteiger partial charge in [-0.05, 0) is 29.1 Å². The van der Waals surface area contributed by atoms with E-state index in [1.807, 2.05) is 0 Å². The quantitative estimate of drug-likeness (QED) is 0.672. The number of thiophene rings is 1. The summed E-state index contributed by atoms with van der Waals surface area (Å²) in [6, 6.07) is 6.46. The molecule has 0 spiro atoms. The van der Waals surface area contributed by atoms with Crippen LogP contribution in [0.15, 0.2) is 34.7 Å². The monoisotopic (exact) mass is 314 g/mol. The first-order valence-electron chi connectivity index (χ1n) is 5.13. The first kappa shape index (κ1) is 13.9. The number of amides is 1. The smallest absolute Gasteiger partial charge is 0.281 e. The average molecular weight is 315 g/mol. The lowest BCUT2D eigenvalue weighted by atomic mass is 10.2. The molecular weight excluding hydrogens is 307 g/mol. The number of phenolic OH excluding ortho intramolecular Hbond substituents is 1. The van der Waals surface area contributed by atoms with Gasteiger partial charge in [-0.2, -0.15) is 5.10 Å². The number of nitrogens with one attached hydrogen (secondary N) is 1. The third-order valence-electron chi connectivity index (χ3n) is 2.16. The molecule has 0 aliphatic carbocycles. The van der Waals surface area contributed by atoms with Crippen molar-refractivity contribution >= 4 is 46.7 Å². The summed E-state index contributed by atoms with van der Waals surface area (Å²) in [6.07, 6.45) is 1.39. The van der Waals surface area contributed by atoms with E-state index in [9.17, 15) is 9.90 Å². The van der Waals surface area contributed by atoms with E-state index in [1.165, 1.54) is 29.7 Å². The van der Waals surface area contributed by atoms with Gasteiger partial charge in [0.15, 0.2) is 5.75 Å². The van der Waals surface area contributed by atoms with Crippen LogP contribution in [0.5, 0.6) is 5.75 Å². The average Bonchev–Trinajstić information content (AvgIpc) is 2.89. The fourth-order valence-corrected chi connectivity index (χ4v) is 2.41. The normalized spacial score (nSPS) is 10.8. The lowest BCUT2D eigenvalue weighted by Gasteiger charge is -2.01. The van der Waals surface area contributed by atoms with Crippen LogP contribution in [0.1, 0.15) is 15.2 Å². The summed E-state index contributed by atoms with van der Waals surface area (Å²) in [5, 5.41) is 15.2. The van der Waals surface area contributed by atoms with Crippen LogP contribution < -0.4 is 5.43 Å². The second-order valence-corrected chi connectivity index (χ2v) is 5.27. The van der Waals surface area contributed by atoms with E-state index in [0.29, 0.717) is 10.4 Å². The number of nitrogens with zero attached hydrogens (tertiary/aromatic N) is 1. The molecule has 0 saturated carbocycles. The van der Waals surface area contributed by atoms with Gasteiger partial charge < -0.3 is 5.11 Å². The molecule has 0 fully saturated rings. The third-order valence-corrected chi connectivity index (χ3v) is 3.61. The van der Waals surface area contributed by atoms with Crippen molar-refractivity contribution in [3.8, 4) is 5.75 Å². The minimum absolute atomic E-state index is 0.124. The zero-order valence-corrected chi connectivity index (χ0v) is 11.8. The molecule has 2 N–H and O–H groups in total. The minimum atomic E-state index is -0.290. The summed E-state index contributed by atoms with van der Waals surface area (Å²) in [4.78, 5) is 12.1. The SMILES string of the molecule is O=C(N/N=C/c1cc(Cl)c(O)c(Cl)c1)c1cccs1. The van der Waals surface area contributed by atoms with E-state index in [1.54, 1.807) is 17.5 Å². The maximum absolute atomic E-state index is 11.6. The van der Waals surface area contributed by atoms with Crippen LogP contribution in [0.3, 0.4) is 0 Å². The molecule has 0 atom stereocenters. The van der Waals surface area contributed by atoms with Crippen molar-refractivity contribution in [2.75, 3.05) is 0 Å². The molecular formula is C12H8Cl2N2O2S. The molecule has 98 valence electrons. The van der Waals surface area contributed by atoms with Gasteiger partial charge in [0, 0.05) is 0 Å². The lowest BCUT2D eigenvalue weighted by molar-refractivity contribution is 0.0959. The highest BCUT2D eigenvalue weighted by atomic mass is 35.5. The van der Waals surface area contributed by atoms with Gasteiger partial charge in [0.05, 0.1) is 21.1 Å². The van der Waals surface area contributed by atoms with Crippen molar-refractivity contribution in [2.45, 2.75) is 0 Å². The Morgan fingerprint density at radius 1 is 1.37 bits per heavy atom. The predicted octanol–water partition coefficient (Wildman–Crippen LogP) is 3.52. The number of hydrogen-bond acceptors (Lipinski definition) is 4. The number of rotatable bonds is 3. The van der Waals surface area contributed by atoms with Gasteiger partial charge in [0.2, 0.25) is 0 Å². The fourth-order valence-electron chi connectivity index (χ4n) is 1.29. The molecule has 0 aliphatic heterocycles. The van der Waals surface area contributed by atoms with Crippen molar-refractivity contribution in [2.24, 2.45) is 5.10 Å². The van der Waals surface area contributed by atoms with Crippen LogP contribution in [0.4, 0.5) is 0 Å². The third kappa shape index (κ3) is 3.47. The summed E-state index contributed by atoms with van der Waals surface area (Å²) in [5.74, 6) is -0.467. The van der Waals surface area contributed by atoms with E-state index < -0.39 is 0 Å². The predicted molar refractivity (Wildman–Crippen MR) is 77.5 cm³/mol. The Morgan fingerprint density at radius 2 is 2.05 bits per heavy atom. The Morgan fingerprint density at radius 3 is 2.63 bits per heavy atom. The molecule has 1 aromatic heterocycles. The molecule has 1 heterocycles. The Balaban J connectivity index is 2.05. The molecule has 2 aromatic rings. The standard InChI is InChI=1S/C12H8Cl2N2O2S/c13-8-4-7(5-9(14)11(8)17)6-15-16-12(18)10-2-1-3-19-10/h1-6,17H,(H,16,18)/b15-6+. The van der Waals surface area contributed by atoms with Crippen molar-refractivity contribution in [3.63, 3.8) is 0 Å². The van der Waals surface area contributed by atoms with Crippen LogP contribution >= 0.6 is 34.5 Å². The number of carbonyl (C=O) groups excluding carboxylic acids is 1. The van der Waals surface area contributed by atoms with Gasteiger partial charge in [-0.3, -0.25) is 4.79 Å². The summed E-state index contributed by atoms with van der Waals surface area (Å²) in [6.45, 7) is 0. The molecule has 0 saturated heterocycles. The Labute approximate surface area is 123 Å². The molecule has 0 unspecified atom stereocenters. The number of hydrogen-bond donors (Lipinski definition) is 2. The van der Waals surface area contributed by atoms with E-state index in [-0.39, 0.29) is 21.7 Å². The maximum Gasteiger partial charge on any atom is 0.281 e.